The van der Waals surface area contributed by atoms with Crippen molar-refractivity contribution in [1.82, 2.24) is 4.90 Å². The molecule has 5 heteroatoms. The molecule has 1 rings (SSSR count). The first-order valence-corrected chi connectivity index (χ1v) is 6.55. The van der Waals surface area contributed by atoms with Gasteiger partial charge in [0, 0.05) is 32.2 Å². The highest BCUT2D eigenvalue weighted by Gasteiger charge is 2.17. The van der Waals surface area contributed by atoms with Gasteiger partial charge in [-0.3, -0.25) is 4.79 Å². The Morgan fingerprint density at radius 2 is 2.41 bits per heavy atom. The van der Waals surface area contributed by atoms with Gasteiger partial charge in [-0.05, 0) is 24.3 Å². The van der Waals surface area contributed by atoms with E-state index in [2.05, 4.69) is 6.07 Å². The number of nitrogens with zero attached hydrogens (tertiary/aromatic N) is 1. The fourth-order valence-electron chi connectivity index (χ4n) is 1.49. The molecule has 0 spiro atoms. The minimum atomic E-state index is -0.455. The highest BCUT2D eigenvalue weighted by atomic mass is 32.1. The van der Waals surface area contributed by atoms with E-state index < -0.39 is 6.04 Å². The highest BCUT2D eigenvalue weighted by Crippen LogP contribution is 2.09. The lowest BCUT2D eigenvalue weighted by atomic mass is 10.2. The number of hydrogen-bond acceptors (Lipinski definition) is 4. The largest absolute Gasteiger partial charge is 0.385 e. The van der Waals surface area contributed by atoms with Gasteiger partial charge in [-0.25, -0.2) is 0 Å². The van der Waals surface area contributed by atoms with Crippen molar-refractivity contribution in [3.8, 4) is 0 Å². The molecule has 17 heavy (non-hydrogen) atoms. The van der Waals surface area contributed by atoms with E-state index in [-0.39, 0.29) is 5.91 Å². The number of nitrogens with two attached hydrogens (primary N) is 1. The number of ether oxygens (including phenoxy) is 1. The third kappa shape index (κ3) is 4.85. The zero-order chi connectivity index (χ0) is 12.7. The Balaban J connectivity index is 2.31. The minimum absolute atomic E-state index is 0.0152. The van der Waals surface area contributed by atoms with Crippen LogP contribution in [0.3, 0.4) is 0 Å². The SMILES string of the molecule is COCCC(N)C(=O)N(C)CCc1cccs1. The van der Waals surface area contributed by atoms with Crippen LogP contribution in [0.4, 0.5) is 0 Å². The summed E-state index contributed by atoms with van der Waals surface area (Å²) in [6, 6.07) is 3.64. The zero-order valence-corrected chi connectivity index (χ0v) is 11.2. The Morgan fingerprint density at radius 1 is 1.65 bits per heavy atom. The summed E-state index contributed by atoms with van der Waals surface area (Å²) in [5, 5.41) is 2.04. The maximum atomic E-state index is 11.9. The molecule has 1 amide bonds. The van der Waals surface area contributed by atoms with Crippen molar-refractivity contribution in [2.75, 3.05) is 27.3 Å². The minimum Gasteiger partial charge on any atom is -0.385 e. The molecule has 0 bridgehead atoms. The summed E-state index contributed by atoms with van der Waals surface area (Å²) in [6.07, 6.45) is 1.45. The van der Waals surface area contributed by atoms with Crippen LogP contribution >= 0.6 is 11.3 Å². The molecule has 1 unspecified atom stereocenters. The van der Waals surface area contributed by atoms with Crippen LogP contribution in [-0.2, 0) is 16.0 Å². The van der Waals surface area contributed by atoms with Gasteiger partial charge in [0.05, 0.1) is 6.04 Å². The fourth-order valence-corrected chi connectivity index (χ4v) is 2.19. The summed E-state index contributed by atoms with van der Waals surface area (Å²) in [4.78, 5) is 14.8. The Morgan fingerprint density at radius 3 is 3.00 bits per heavy atom. The van der Waals surface area contributed by atoms with Crippen molar-refractivity contribution in [3.05, 3.63) is 22.4 Å². The van der Waals surface area contributed by atoms with Crippen LogP contribution in [0.5, 0.6) is 0 Å². The van der Waals surface area contributed by atoms with Gasteiger partial charge >= 0.3 is 0 Å². The molecular formula is C12H20N2O2S. The van der Waals surface area contributed by atoms with E-state index in [4.69, 9.17) is 10.5 Å². The second kappa shape index (κ2) is 7.42. The third-order valence-corrected chi connectivity index (χ3v) is 3.54. The Kier molecular flexibility index (Phi) is 6.18. The number of hydrogen-bond donors (Lipinski definition) is 1. The molecule has 0 aliphatic carbocycles. The molecule has 0 radical (unpaired) electrons. The van der Waals surface area contributed by atoms with Gasteiger partial charge < -0.3 is 15.4 Å². The summed E-state index contributed by atoms with van der Waals surface area (Å²) < 4.78 is 4.91. The lowest BCUT2D eigenvalue weighted by molar-refractivity contribution is -0.131. The topological polar surface area (TPSA) is 55.6 Å². The van der Waals surface area contributed by atoms with Gasteiger partial charge in [-0.15, -0.1) is 11.3 Å². The van der Waals surface area contributed by atoms with Crippen molar-refractivity contribution in [1.29, 1.82) is 0 Å². The molecule has 0 saturated heterocycles. The predicted octanol–water partition coefficient (Wildman–Crippen LogP) is 1.11. The van der Waals surface area contributed by atoms with Gasteiger partial charge in [0.15, 0.2) is 0 Å². The van der Waals surface area contributed by atoms with Gasteiger partial charge in [0.25, 0.3) is 0 Å². The second-order valence-corrected chi connectivity index (χ2v) is 5.01. The van der Waals surface area contributed by atoms with E-state index in [0.717, 1.165) is 6.42 Å². The van der Waals surface area contributed by atoms with Crippen LogP contribution in [0.25, 0.3) is 0 Å². The van der Waals surface area contributed by atoms with Crippen molar-refractivity contribution in [2.45, 2.75) is 18.9 Å². The molecule has 96 valence electrons. The van der Waals surface area contributed by atoms with Gasteiger partial charge in [-0.2, -0.15) is 0 Å². The first-order valence-electron chi connectivity index (χ1n) is 5.67. The molecule has 1 heterocycles. The quantitative estimate of drug-likeness (QED) is 0.795. The summed E-state index contributed by atoms with van der Waals surface area (Å²) >= 11 is 1.71. The summed E-state index contributed by atoms with van der Waals surface area (Å²) in [6.45, 7) is 1.23. The number of amides is 1. The van der Waals surface area contributed by atoms with Gasteiger partial charge in [0.2, 0.25) is 5.91 Å². The van der Waals surface area contributed by atoms with E-state index >= 15 is 0 Å². The number of methoxy groups -OCH3 is 1. The van der Waals surface area contributed by atoms with Crippen LogP contribution in [0.1, 0.15) is 11.3 Å². The maximum absolute atomic E-state index is 11.9. The number of thiophene rings is 1. The smallest absolute Gasteiger partial charge is 0.239 e. The molecule has 1 aromatic heterocycles. The van der Waals surface area contributed by atoms with Crippen LogP contribution in [-0.4, -0.2) is 44.2 Å². The van der Waals surface area contributed by atoms with Crippen LogP contribution < -0.4 is 5.73 Å². The molecule has 0 saturated carbocycles. The Bertz CT molecular complexity index is 327. The van der Waals surface area contributed by atoms with Crippen molar-refractivity contribution in [3.63, 3.8) is 0 Å². The lowest BCUT2D eigenvalue weighted by Gasteiger charge is -2.20. The molecule has 0 fully saturated rings. The first-order chi connectivity index (χ1) is 8.15. The van der Waals surface area contributed by atoms with Gasteiger partial charge in [0.1, 0.15) is 0 Å². The molecule has 1 atom stereocenters. The maximum Gasteiger partial charge on any atom is 0.239 e. The average molecular weight is 256 g/mol. The van der Waals surface area contributed by atoms with E-state index in [0.29, 0.717) is 19.6 Å². The van der Waals surface area contributed by atoms with Crippen LogP contribution in [0.2, 0.25) is 0 Å². The van der Waals surface area contributed by atoms with Gasteiger partial charge in [-0.1, -0.05) is 6.07 Å². The second-order valence-electron chi connectivity index (χ2n) is 3.98. The zero-order valence-electron chi connectivity index (χ0n) is 10.4. The molecular weight excluding hydrogens is 236 g/mol. The van der Waals surface area contributed by atoms with Crippen molar-refractivity contribution in [2.24, 2.45) is 5.73 Å². The summed E-state index contributed by atoms with van der Waals surface area (Å²) in [5.41, 5.74) is 5.78. The number of likely N-dealkylation sites (N-methyl/N-ethyl adjacent to an activating group) is 1. The number of carbonyl (C=O) groups excluding carboxylic acids is 1. The Hall–Kier alpha value is -0.910. The molecule has 2 N–H and O–H groups in total. The van der Waals surface area contributed by atoms with Crippen molar-refractivity contribution >= 4 is 17.2 Å². The summed E-state index contributed by atoms with van der Waals surface area (Å²) in [5.74, 6) is -0.0152. The predicted molar refractivity (Wildman–Crippen MR) is 70.1 cm³/mol. The van der Waals surface area contributed by atoms with Crippen LogP contribution in [0, 0.1) is 0 Å². The van der Waals surface area contributed by atoms with Crippen molar-refractivity contribution < 1.29 is 9.53 Å². The number of rotatable bonds is 7. The first kappa shape index (κ1) is 14.2. The third-order valence-electron chi connectivity index (χ3n) is 2.60. The molecule has 0 aliphatic heterocycles. The van der Waals surface area contributed by atoms with E-state index in [1.165, 1.54) is 4.88 Å². The summed E-state index contributed by atoms with van der Waals surface area (Å²) in [7, 11) is 3.40. The van der Waals surface area contributed by atoms with E-state index in [9.17, 15) is 4.79 Å². The molecule has 0 aliphatic rings. The average Bonchev–Trinajstić information content (AvgIpc) is 2.85. The molecule has 4 nitrogen and oxygen atoms in total. The monoisotopic (exact) mass is 256 g/mol. The Labute approximate surface area is 106 Å². The van der Waals surface area contributed by atoms with E-state index in [1.54, 1.807) is 30.4 Å². The number of carbonyl (C=O) groups is 1. The van der Waals surface area contributed by atoms with Crippen LogP contribution in [0.15, 0.2) is 17.5 Å². The lowest BCUT2D eigenvalue weighted by Crippen LogP contribution is -2.43. The van der Waals surface area contributed by atoms with E-state index in [1.807, 2.05) is 11.4 Å². The fraction of sp³-hybridized carbons (Fsp3) is 0.583. The molecule has 0 aromatic carbocycles. The highest BCUT2D eigenvalue weighted by molar-refractivity contribution is 7.09. The normalized spacial score (nSPS) is 12.4. The standard InChI is InChI=1S/C12H20N2O2S/c1-14(7-5-10-4-3-9-17-10)12(15)11(13)6-8-16-2/h3-4,9,11H,5-8,13H2,1-2H3. The molecule has 1 aromatic rings.